The first-order valence-corrected chi connectivity index (χ1v) is 7.92. The van der Waals surface area contributed by atoms with E-state index in [2.05, 4.69) is 5.32 Å². The third kappa shape index (κ3) is 4.62. The monoisotopic (exact) mass is 360 g/mol. The number of carbonyl (C=O) groups is 1. The molecule has 0 aliphatic heterocycles. The van der Waals surface area contributed by atoms with Crippen LogP contribution >= 0.6 is 0 Å². The number of methoxy groups -OCH3 is 2. The van der Waals surface area contributed by atoms with Gasteiger partial charge in [-0.1, -0.05) is 6.92 Å². The predicted octanol–water partition coefficient (Wildman–Crippen LogP) is 3.41. The lowest BCUT2D eigenvalue weighted by Crippen LogP contribution is -2.32. The molecule has 0 saturated carbocycles. The van der Waals surface area contributed by atoms with Gasteiger partial charge in [0.25, 0.3) is 11.6 Å². The highest BCUT2D eigenvalue weighted by atomic mass is 16.6. The Morgan fingerprint density at radius 2 is 1.77 bits per heavy atom. The first kappa shape index (κ1) is 19.0. The van der Waals surface area contributed by atoms with Gasteiger partial charge < -0.3 is 19.5 Å². The fourth-order valence-corrected chi connectivity index (χ4v) is 2.26. The normalized spacial score (nSPS) is 11.3. The molecule has 26 heavy (non-hydrogen) atoms. The Morgan fingerprint density at radius 3 is 2.31 bits per heavy atom. The number of benzene rings is 2. The Morgan fingerprint density at radius 1 is 1.12 bits per heavy atom. The summed E-state index contributed by atoms with van der Waals surface area (Å²) < 4.78 is 15.9. The minimum Gasteiger partial charge on any atom is -0.497 e. The van der Waals surface area contributed by atoms with Gasteiger partial charge in [0.15, 0.2) is 6.10 Å². The molecule has 0 aliphatic rings. The minimum atomic E-state index is -0.771. The number of anilines is 1. The molecule has 8 heteroatoms. The van der Waals surface area contributed by atoms with Crippen molar-refractivity contribution in [1.82, 2.24) is 0 Å². The molecule has 2 aromatic rings. The van der Waals surface area contributed by atoms with Crippen LogP contribution in [0, 0.1) is 10.1 Å². The quantitative estimate of drug-likeness (QED) is 0.572. The van der Waals surface area contributed by atoms with Crippen molar-refractivity contribution in [2.24, 2.45) is 0 Å². The van der Waals surface area contributed by atoms with E-state index in [-0.39, 0.29) is 11.4 Å². The predicted molar refractivity (Wildman–Crippen MR) is 96.0 cm³/mol. The van der Waals surface area contributed by atoms with Gasteiger partial charge in [0.2, 0.25) is 0 Å². The summed E-state index contributed by atoms with van der Waals surface area (Å²) in [6.07, 6.45) is -0.359. The second-order valence-electron chi connectivity index (χ2n) is 5.32. The van der Waals surface area contributed by atoms with E-state index < -0.39 is 16.9 Å². The number of carbonyl (C=O) groups excluding carboxylic acids is 1. The van der Waals surface area contributed by atoms with Gasteiger partial charge >= 0.3 is 0 Å². The first-order valence-electron chi connectivity index (χ1n) is 7.92. The zero-order chi connectivity index (χ0) is 19.1. The van der Waals surface area contributed by atoms with Gasteiger partial charge in [0, 0.05) is 12.1 Å². The molecule has 138 valence electrons. The zero-order valence-corrected chi connectivity index (χ0v) is 14.7. The maximum absolute atomic E-state index is 12.5. The van der Waals surface area contributed by atoms with Crippen LogP contribution in [0.25, 0.3) is 0 Å². The molecule has 0 bridgehead atoms. The molecule has 1 unspecified atom stereocenters. The lowest BCUT2D eigenvalue weighted by molar-refractivity contribution is -0.384. The number of nitrogens with zero attached hydrogens (tertiary/aromatic N) is 1. The number of non-ortho nitro benzene ring substituents is 1. The summed E-state index contributed by atoms with van der Waals surface area (Å²) in [6, 6.07) is 10.8. The van der Waals surface area contributed by atoms with Crippen LogP contribution in [-0.2, 0) is 4.79 Å². The van der Waals surface area contributed by atoms with Crippen LogP contribution in [0.2, 0.25) is 0 Å². The van der Waals surface area contributed by atoms with Crippen LogP contribution in [0.15, 0.2) is 42.5 Å². The largest absolute Gasteiger partial charge is 0.497 e. The lowest BCUT2D eigenvalue weighted by atomic mass is 10.2. The molecule has 0 aliphatic carbocycles. The van der Waals surface area contributed by atoms with Gasteiger partial charge in [-0.3, -0.25) is 14.9 Å². The van der Waals surface area contributed by atoms with E-state index in [1.54, 1.807) is 38.3 Å². The summed E-state index contributed by atoms with van der Waals surface area (Å²) in [5.41, 5.74) is 0.0636. The molecule has 0 saturated heterocycles. The van der Waals surface area contributed by atoms with Crippen LogP contribution in [0.1, 0.15) is 13.3 Å². The average Bonchev–Trinajstić information content (AvgIpc) is 2.66. The fourth-order valence-electron chi connectivity index (χ4n) is 2.26. The number of nitro benzene ring substituents is 1. The van der Waals surface area contributed by atoms with Crippen molar-refractivity contribution in [3.63, 3.8) is 0 Å². The molecule has 2 rings (SSSR count). The summed E-state index contributed by atoms with van der Waals surface area (Å²) in [5.74, 6) is 1.08. The second kappa shape index (κ2) is 8.70. The Balaban J connectivity index is 2.15. The summed E-state index contributed by atoms with van der Waals surface area (Å²) in [4.78, 5) is 22.9. The Kier molecular flexibility index (Phi) is 6.37. The number of hydrogen-bond donors (Lipinski definition) is 1. The summed E-state index contributed by atoms with van der Waals surface area (Å²) in [7, 11) is 2.98. The highest BCUT2D eigenvalue weighted by molar-refractivity contribution is 5.96. The van der Waals surface area contributed by atoms with Crippen molar-refractivity contribution in [3.05, 3.63) is 52.6 Å². The Labute approximate surface area is 150 Å². The molecular weight excluding hydrogens is 340 g/mol. The van der Waals surface area contributed by atoms with E-state index in [0.29, 0.717) is 23.7 Å². The molecule has 1 amide bonds. The van der Waals surface area contributed by atoms with Gasteiger partial charge in [0.05, 0.1) is 24.8 Å². The maximum atomic E-state index is 12.5. The standard InChI is InChI=1S/C18H20N2O6/c1-4-16(26-14-8-6-13(24-2)7-9-14)18(21)19-15-11-12(20(22)23)5-10-17(15)25-3/h5-11,16H,4H2,1-3H3,(H,19,21). The highest BCUT2D eigenvalue weighted by Crippen LogP contribution is 2.29. The van der Waals surface area contributed by atoms with Gasteiger partial charge in [-0.05, 0) is 36.8 Å². The van der Waals surface area contributed by atoms with Crippen LogP contribution in [0.3, 0.4) is 0 Å². The van der Waals surface area contributed by atoms with E-state index in [1.165, 1.54) is 25.3 Å². The molecule has 0 fully saturated rings. The number of rotatable bonds is 8. The third-order valence-corrected chi connectivity index (χ3v) is 3.65. The first-order chi connectivity index (χ1) is 12.5. The Bertz CT molecular complexity index is 776. The van der Waals surface area contributed by atoms with Crippen molar-refractivity contribution in [2.45, 2.75) is 19.4 Å². The second-order valence-corrected chi connectivity index (χ2v) is 5.32. The van der Waals surface area contributed by atoms with Gasteiger partial charge in [0.1, 0.15) is 17.2 Å². The highest BCUT2D eigenvalue weighted by Gasteiger charge is 2.21. The minimum absolute atomic E-state index is 0.148. The van der Waals surface area contributed by atoms with Crippen LogP contribution in [0.5, 0.6) is 17.2 Å². The summed E-state index contributed by atoms with van der Waals surface area (Å²) >= 11 is 0. The van der Waals surface area contributed by atoms with Crippen LogP contribution in [0.4, 0.5) is 11.4 Å². The van der Waals surface area contributed by atoms with E-state index >= 15 is 0 Å². The van der Waals surface area contributed by atoms with Gasteiger partial charge in [-0.2, -0.15) is 0 Å². The van der Waals surface area contributed by atoms with Crippen molar-refractivity contribution in [3.8, 4) is 17.2 Å². The zero-order valence-electron chi connectivity index (χ0n) is 14.7. The van der Waals surface area contributed by atoms with Crippen molar-refractivity contribution < 1.29 is 23.9 Å². The molecule has 0 radical (unpaired) electrons. The third-order valence-electron chi connectivity index (χ3n) is 3.65. The van der Waals surface area contributed by atoms with Crippen molar-refractivity contribution in [2.75, 3.05) is 19.5 Å². The van der Waals surface area contributed by atoms with Crippen LogP contribution < -0.4 is 19.5 Å². The van der Waals surface area contributed by atoms with Gasteiger partial charge in [-0.15, -0.1) is 0 Å². The van der Waals surface area contributed by atoms with Gasteiger partial charge in [-0.25, -0.2) is 0 Å². The Hall–Kier alpha value is -3.29. The van der Waals surface area contributed by atoms with Crippen LogP contribution in [-0.4, -0.2) is 31.2 Å². The molecule has 0 spiro atoms. The number of hydrogen-bond acceptors (Lipinski definition) is 6. The van der Waals surface area contributed by atoms with Crippen molar-refractivity contribution in [1.29, 1.82) is 0 Å². The molecule has 1 atom stereocenters. The van der Waals surface area contributed by atoms with E-state index in [4.69, 9.17) is 14.2 Å². The van der Waals surface area contributed by atoms with E-state index in [0.717, 1.165) is 0 Å². The molecule has 2 aromatic carbocycles. The lowest BCUT2D eigenvalue weighted by Gasteiger charge is -2.18. The smallest absolute Gasteiger partial charge is 0.271 e. The summed E-state index contributed by atoms with van der Waals surface area (Å²) in [5, 5.41) is 13.6. The SMILES string of the molecule is CCC(Oc1ccc(OC)cc1)C(=O)Nc1cc([N+](=O)[O-])ccc1OC. The molecule has 0 heterocycles. The number of nitrogens with one attached hydrogen (secondary N) is 1. The maximum Gasteiger partial charge on any atom is 0.271 e. The molecule has 8 nitrogen and oxygen atoms in total. The van der Waals surface area contributed by atoms with Crippen molar-refractivity contribution >= 4 is 17.3 Å². The molecular formula is C18H20N2O6. The molecule has 0 aromatic heterocycles. The number of nitro groups is 1. The fraction of sp³-hybridized carbons (Fsp3) is 0.278. The molecule has 1 N–H and O–H groups in total. The van der Waals surface area contributed by atoms with E-state index in [9.17, 15) is 14.9 Å². The number of ether oxygens (including phenoxy) is 3. The average molecular weight is 360 g/mol. The number of amides is 1. The topological polar surface area (TPSA) is 99.9 Å². The van der Waals surface area contributed by atoms with E-state index in [1.807, 2.05) is 0 Å². The summed E-state index contributed by atoms with van der Waals surface area (Å²) in [6.45, 7) is 1.80.